The predicted octanol–water partition coefficient (Wildman–Crippen LogP) is 3.05. The van der Waals surface area contributed by atoms with Crippen molar-refractivity contribution >= 4 is 12.4 Å². The average Bonchev–Trinajstić information content (AvgIpc) is 3.16. The number of halogens is 1. The van der Waals surface area contributed by atoms with E-state index in [9.17, 15) is 0 Å². The minimum atomic E-state index is -0.0575. The molecule has 1 heterocycles. The Balaban J connectivity index is 0.00000161. The van der Waals surface area contributed by atoms with Crippen molar-refractivity contribution in [3.63, 3.8) is 0 Å². The van der Waals surface area contributed by atoms with Crippen LogP contribution >= 0.6 is 12.4 Å². The van der Waals surface area contributed by atoms with Gasteiger partial charge in [0.15, 0.2) is 5.82 Å². The van der Waals surface area contributed by atoms with Crippen molar-refractivity contribution in [2.75, 3.05) is 6.54 Å². The SMILES string of the molecule is Cl.NCC1(c2nc(CCc3ccccc3)no2)CCCC1. The van der Waals surface area contributed by atoms with Gasteiger partial charge in [-0.15, -0.1) is 12.4 Å². The highest BCUT2D eigenvalue weighted by Crippen LogP contribution is 2.39. The van der Waals surface area contributed by atoms with Gasteiger partial charge in [0, 0.05) is 13.0 Å². The largest absolute Gasteiger partial charge is 0.339 e. The summed E-state index contributed by atoms with van der Waals surface area (Å²) in [4.78, 5) is 4.59. The van der Waals surface area contributed by atoms with Gasteiger partial charge in [-0.05, 0) is 24.8 Å². The summed E-state index contributed by atoms with van der Waals surface area (Å²) in [5.74, 6) is 1.55. The molecule has 1 aliphatic rings. The van der Waals surface area contributed by atoms with E-state index in [4.69, 9.17) is 10.3 Å². The van der Waals surface area contributed by atoms with Crippen molar-refractivity contribution < 1.29 is 4.52 Å². The molecular weight excluding hydrogens is 286 g/mol. The molecule has 114 valence electrons. The minimum absolute atomic E-state index is 0. The van der Waals surface area contributed by atoms with Crippen molar-refractivity contribution in [1.82, 2.24) is 10.1 Å². The molecule has 5 heteroatoms. The second-order valence-electron chi connectivity index (χ2n) is 5.69. The molecule has 21 heavy (non-hydrogen) atoms. The van der Waals surface area contributed by atoms with Crippen LogP contribution < -0.4 is 5.73 Å². The van der Waals surface area contributed by atoms with E-state index >= 15 is 0 Å². The fourth-order valence-electron chi connectivity index (χ4n) is 3.03. The van der Waals surface area contributed by atoms with E-state index < -0.39 is 0 Å². The highest BCUT2D eigenvalue weighted by atomic mass is 35.5. The summed E-state index contributed by atoms with van der Waals surface area (Å²) in [5.41, 5.74) is 7.19. The van der Waals surface area contributed by atoms with Crippen LogP contribution in [0.15, 0.2) is 34.9 Å². The number of hydrogen-bond acceptors (Lipinski definition) is 4. The lowest BCUT2D eigenvalue weighted by Gasteiger charge is -2.21. The zero-order chi connectivity index (χ0) is 13.8. The fourth-order valence-corrected chi connectivity index (χ4v) is 3.03. The molecule has 0 radical (unpaired) electrons. The van der Waals surface area contributed by atoms with Crippen LogP contribution in [0.25, 0.3) is 0 Å². The summed E-state index contributed by atoms with van der Waals surface area (Å²) in [7, 11) is 0. The van der Waals surface area contributed by atoms with Crippen LogP contribution in [0.4, 0.5) is 0 Å². The lowest BCUT2D eigenvalue weighted by molar-refractivity contribution is 0.283. The summed E-state index contributed by atoms with van der Waals surface area (Å²) < 4.78 is 5.49. The lowest BCUT2D eigenvalue weighted by Crippen LogP contribution is -2.32. The Morgan fingerprint density at radius 2 is 1.81 bits per heavy atom. The standard InChI is InChI=1S/C16H21N3O.ClH/c17-12-16(10-4-5-11-16)15-18-14(19-20-15)9-8-13-6-2-1-3-7-13;/h1-3,6-7H,4-5,8-12,17H2;1H. The van der Waals surface area contributed by atoms with Gasteiger partial charge in [-0.2, -0.15) is 4.98 Å². The van der Waals surface area contributed by atoms with E-state index in [0.29, 0.717) is 6.54 Å². The van der Waals surface area contributed by atoms with Crippen LogP contribution in [-0.2, 0) is 18.3 Å². The van der Waals surface area contributed by atoms with E-state index in [1.54, 1.807) is 0 Å². The maximum Gasteiger partial charge on any atom is 0.234 e. The van der Waals surface area contributed by atoms with Crippen molar-refractivity contribution in [3.8, 4) is 0 Å². The molecule has 0 spiro atoms. The molecule has 1 saturated carbocycles. The smallest absolute Gasteiger partial charge is 0.234 e. The molecule has 0 aliphatic heterocycles. The molecule has 4 nitrogen and oxygen atoms in total. The zero-order valence-corrected chi connectivity index (χ0v) is 12.9. The van der Waals surface area contributed by atoms with E-state index in [1.165, 1.54) is 18.4 Å². The lowest BCUT2D eigenvalue weighted by atomic mass is 9.86. The van der Waals surface area contributed by atoms with Crippen LogP contribution in [0, 0.1) is 0 Å². The van der Waals surface area contributed by atoms with Gasteiger partial charge in [0.05, 0.1) is 5.41 Å². The van der Waals surface area contributed by atoms with Crippen LogP contribution in [0.1, 0.15) is 43.0 Å². The van der Waals surface area contributed by atoms with Gasteiger partial charge in [-0.3, -0.25) is 0 Å². The summed E-state index contributed by atoms with van der Waals surface area (Å²) in [6.07, 6.45) is 6.31. The highest BCUT2D eigenvalue weighted by Gasteiger charge is 2.39. The van der Waals surface area contributed by atoms with Gasteiger partial charge in [0.25, 0.3) is 0 Å². The van der Waals surface area contributed by atoms with E-state index in [2.05, 4.69) is 34.4 Å². The van der Waals surface area contributed by atoms with Gasteiger partial charge in [-0.25, -0.2) is 0 Å². The first-order chi connectivity index (χ1) is 9.82. The molecule has 0 atom stereocenters. The molecule has 0 saturated heterocycles. The predicted molar refractivity (Wildman–Crippen MR) is 84.6 cm³/mol. The van der Waals surface area contributed by atoms with Gasteiger partial charge < -0.3 is 10.3 Å². The highest BCUT2D eigenvalue weighted by molar-refractivity contribution is 5.85. The molecule has 1 aromatic heterocycles. The monoisotopic (exact) mass is 307 g/mol. The number of hydrogen-bond donors (Lipinski definition) is 1. The van der Waals surface area contributed by atoms with Crippen molar-refractivity contribution in [1.29, 1.82) is 0 Å². The minimum Gasteiger partial charge on any atom is -0.339 e. The van der Waals surface area contributed by atoms with Gasteiger partial charge in [0.1, 0.15) is 0 Å². The second kappa shape index (κ2) is 7.05. The zero-order valence-electron chi connectivity index (χ0n) is 12.1. The van der Waals surface area contributed by atoms with Gasteiger partial charge in [0.2, 0.25) is 5.89 Å². The third kappa shape index (κ3) is 3.44. The molecule has 0 amide bonds. The number of aromatic nitrogens is 2. The van der Waals surface area contributed by atoms with E-state index in [0.717, 1.165) is 37.4 Å². The number of rotatable bonds is 5. The summed E-state index contributed by atoms with van der Waals surface area (Å²) in [5, 5.41) is 4.13. The Morgan fingerprint density at radius 1 is 1.10 bits per heavy atom. The van der Waals surface area contributed by atoms with E-state index in [-0.39, 0.29) is 17.8 Å². The molecule has 1 fully saturated rings. The topological polar surface area (TPSA) is 64.9 Å². The molecule has 0 unspecified atom stereocenters. The molecule has 0 bridgehead atoms. The van der Waals surface area contributed by atoms with Crippen LogP contribution in [0.5, 0.6) is 0 Å². The molecule has 2 N–H and O–H groups in total. The first kappa shape index (κ1) is 16.0. The van der Waals surface area contributed by atoms with Crippen LogP contribution in [0.2, 0.25) is 0 Å². The third-order valence-electron chi connectivity index (χ3n) is 4.35. The summed E-state index contributed by atoms with van der Waals surface area (Å²) in [6.45, 7) is 0.604. The normalized spacial score (nSPS) is 16.6. The Bertz CT molecular complexity index is 550. The van der Waals surface area contributed by atoms with Gasteiger partial charge in [-0.1, -0.05) is 48.3 Å². The molecular formula is C16H22ClN3O. The average molecular weight is 308 g/mol. The molecule has 2 aromatic rings. The Labute approximate surface area is 131 Å². The number of nitrogens with zero attached hydrogens (tertiary/aromatic N) is 2. The van der Waals surface area contributed by atoms with Crippen LogP contribution in [0.3, 0.4) is 0 Å². The Morgan fingerprint density at radius 3 is 2.48 bits per heavy atom. The third-order valence-corrected chi connectivity index (χ3v) is 4.35. The first-order valence-corrected chi connectivity index (χ1v) is 7.39. The number of benzene rings is 1. The summed E-state index contributed by atoms with van der Waals surface area (Å²) in [6, 6.07) is 10.4. The first-order valence-electron chi connectivity index (χ1n) is 7.39. The second-order valence-corrected chi connectivity index (χ2v) is 5.69. The van der Waals surface area contributed by atoms with Crippen molar-refractivity contribution in [2.45, 2.75) is 43.9 Å². The Hall–Kier alpha value is -1.39. The summed E-state index contributed by atoms with van der Waals surface area (Å²) >= 11 is 0. The molecule has 1 aliphatic carbocycles. The van der Waals surface area contributed by atoms with Crippen LogP contribution in [-0.4, -0.2) is 16.7 Å². The quantitative estimate of drug-likeness (QED) is 0.922. The van der Waals surface area contributed by atoms with Crippen molar-refractivity contribution in [3.05, 3.63) is 47.6 Å². The number of nitrogens with two attached hydrogens (primary N) is 1. The number of aryl methyl sites for hydroxylation is 2. The molecule has 1 aromatic carbocycles. The van der Waals surface area contributed by atoms with Gasteiger partial charge >= 0.3 is 0 Å². The maximum atomic E-state index is 5.95. The van der Waals surface area contributed by atoms with E-state index in [1.807, 2.05) is 6.07 Å². The van der Waals surface area contributed by atoms with Crippen molar-refractivity contribution in [2.24, 2.45) is 5.73 Å². The maximum absolute atomic E-state index is 5.95. The molecule has 3 rings (SSSR count). The fraction of sp³-hybridized carbons (Fsp3) is 0.500. The Kier molecular flexibility index (Phi) is 5.37.